The third kappa shape index (κ3) is 6.43. The van der Waals surface area contributed by atoms with E-state index < -0.39 is 6.16 Å². The van der Waals surface area contributed by atoms with E-state index >= 15 is 0 Å². The zero-order valence-electron chi connectivity index (χ0n) is 13.7. The lowest BCUT2D eigenvalue weighted by atomic mass is 10.2. The Kier molecular flexibility index (Phi) is 6.48. The molecule has 4 heteroatoms. The van der Waals surface area contributed by atoms with Crippen molar-refractivity contribution in [1.82, 2.24) is 0 Å². The predicted octanol–water partition coefficient (Wildman–Crippen LogP) is 5.12. The monoisotopic (exact) mass is 313 g/mol. The zero-order valence-corrected chi connectivity index (χ0v) is 13.7. The molecule has 3 rings (SSSR count). The largest absolute Gasteiger partial charge is 0.539 e. The molecule has 1 aliphatic rings. The highest BCUT2D eigenvalue weighted by Gasteiger charge is 2.13. The Labute approximate surface area is 137 Å². The first-order chi connectivity index (χ1) is 11.2. The number of nitrogens with zero attached hydrogens (tertiary/aromatic N) is 1. The van der Waals surface area contributed by atoms with E-state index in [1.165, 1.54) is 24.3 Å². The molecule has 0 aromatic heterocycles. The van der Waals surface area contributed by atoms with E-state index in [4.69, 9.17) is 9.57 Å². The summed E-state index contributed by atoms with van der Waals surface area (Å²) >= 11 is 0. The van der Waals surface area contributed by atoms with Gasteiger partial charge in [-0.3, -0.25) is 0 Å². The Hall–Kier alpha value is -2.49. The number of rotatable bonds is 4. The number of hydroxylamine groups is 1. The molecule has 0 aliphatic heterocycles. The molecular formula is C19H23NO3. The molecule has 23 heavy (non-hydrogen) atoms. The number of carbonyl (C=O) groups excluding carboxylic acids is 1. The summed E-state index contributed by atoms with van der Waals surface area (Å²) < 4.78 is 5.10. The van der Waals surface area contributed by atoms with E-state index in [1.54, 1.807) is 24.3 Å². The molecule has 1 fully saturated rings. The highest BCUT2D eigenvalue weighted by molar-refractivity contribution is 5.65. The normalized spacial score (nSPS) is 11.7. The van der Waals surface area contributed by atoms with Gasteiger partial charge < -0.3 is 9.57 Å². The number of benzene rings is 2. The molecule has 2 aromatic carbocycles. The number of hydrogen-bond acceptors (Lipinski definition) is 4. The van der Waals surface area contributed by atoms with Crippen LogP contribution >= 0.6 is 0 Å². The van der Waals surface area contributed by atoms with Gasteiger partial charge in [-0.25, -0.2) is 9.86 Å². The van der Waals surface area contributed by atoms with E-state index in [0.29, 0.717) is 12.3 Å². The van der Waals surface area contributed by atoms with Gasteiger partial charge in [-0.15, -0.1) is 0 Å². The van der Waals surface area contributed by atoms with Gasteiger partial charge >= 0.3 is 6.16 Å². The van der Waals surface area contributed by atoms with Crippen LogP contribution in [0.4, 0.5) is 10.5 Å². The summed E-state index contributed by atoms with van der Waals surface area (Å²) in [5, 5.41) is 1.50. The average molecular weight is 313 g/mol. The Morgan fingerprint density at radius 1 is 1.04 bits per heavy atom. The summed E-state index contributed by atoms with van der Waals surface area (Å²) in [4.78, 5) is 17.0. The number of aryl methyl sites for hydroxylation is 1. The molecule has 122 valence electrons. The molecule has 0 spiro atoms. The van der Waals surface area contributed by atoms with Gasteiger partial charge in [0.25, 0.3) is 0 Å². The van der Waals surface area contributed by atoms with Gasteiger partial charge in [-0.1, -0.05) is 49.6 Å². The molecule has 1 saturated carbocycles. The van der Waals surface area contributed by atoms with Crippen molar-refractivity contribution in [3.63, 3.8) is 0 Å². The first-order valence-electron chi connectivity index (χ1n) is 7.98. The number of para-hydroxylation sites is 1. The van der Waals surface area contributed by atoms with Crippen molar-refractivity contribution in [2.75, 3.05) is 11.6 Å². The zero-order chi connectivity index (χ0) is 16.5. The fourth-order valence-electron chi connectivity index (χ4n) is 1.78. The molecule has 2 aromatic rings. The van der Waals surface area contributed by atoms with Gasteiger partial charge in [0.1, 0.15) is 5.75 Å². The van der Waals surface area contributed by atoms with E-state index in [2.05, 4.69) is 0 Å². The third-order valence-electron chi connectivity index (χ3n) is 3.06. The fraction of sp³-hybridized carbons (Fsp3) is 0.316. The minimum atomic E-state index is -0.750. The standard InChI is InChI=1S/C16H17NO3.C3H6/c1-3-17(14-9-7-8-13(2)12-14)20-16(18)19-15-10-5-4-6-11-15;1-2-3-1/h4-12H,3H2,1-2H3;1-3H2. The number of anilines is 1. The Bertz CT molecular complexity index is 608. The number of ether oxygens (including phenoxy) is 1. The van der Waals surface area contributed by atoms with Gasteiger partial charge in [0.15, 0.2) is 0 Å². The molecule has 0 bridgehead atoms. The lowest BCUT2D eigenvalue weighted by molar-refractivity contribution is 0.0886. The van der Waals surface area contributed by atoms with Crippen LogP contribution in [-0.2, 0) is 4.84 Å². The van der Waals surface area contributed by atoms with Crippen LogP contribution in [0.25, 0.3) is 0 Å². The molecule has 1 aliphatic carbocycles. The molecule has 0 unspecified atom stereocenters. The SMILES string of the molecule is C1CC1.CCN(OC(=O)Oc1ccccc1)c1cccc(C)c1. The van der Waals surface area contributed by atoms with Crippen molar-refractivity contribution < 1.29 is 14.4 Å². The topological polar surface area (TPSA) is 38.8 Å². The van der Waals surface area contributed by atoms with E-state index in [-0.39, 0.29) is 0 Å². The first kappa shape index (κ1) is 16.9. The van der Waals surface area contributed by atoms with Crippen molar-refractivity contribution in [1.29, 1.82) is 0 Å². The van der Waals surface area contributed by atoms with Crippen LogP contribution in [0.1, 0.15) is 31.7 Å². The smallest absolute Gasteiger partial charge is 0.393 e. The fourth-order valence-corrected chi connectivity index (χ4v) is 1.78. The minimum absolute atomic E-state index is 0.456. The maximum Gasteiger partial charge on any atom is 0.539 e. The predicted molar refractivity (Wildman–Crippen MR) is 91.6 cm³/mol. The Morgan fingerprint density at radius 2 is 1.74 bits per heavy atom. The first-order valence-corrected chi connectivity index (χ1v) is 7.98. The van der Waals surface area contributed by atoms with Crippen molar-refractivity contribution in [2.45, 2.75) is 33.1 Å². The highest BCUT2D eigenvalue weighted by atomic mass is 16.8. The van der Waals surface area contributed by atoms with Crippen LogP contribution < -0.4 is 9.80 Å². The molecule has 0 amide bonds. The number of hydrogen-bond donors (Lipinski definition) is 0. The molecule has 0 saturated heterocycles. The summed E-state index contributed by atoms with van der Waals surface area (Å²) in [6, 6.07) is 16.6. The van der Waals surface area contributed by atoms with Crippen LogP contribution in [0, 0.1) is 6.92 Å². The van der Waals surface area contributed by atoms with Gasteiger partial charge in [-0.2, -0.15) is 0 Å². The van der Waals surface area contributed by atoms with Crippen LogP contribution in [0.15, 0.2) is 54.6 Å². The summed E-state index contributed by atoms with van der Waals surface area (Å²) in [6.45, 7) is 4.42. The van der Waals surface area contributed by atoms with Gasteiger partial charge in [0.2, 0.25) is 0 Å². The van der Waals surface area contributed by atoms with Crippen molar-refractivity contribution in [3.8, 4) is 5.75 Å². The highest BCUT2D eigenvalue weighted by Crippen LogP contribution is 2.17. The lowest BCUT2D eigenvalue weighted by Crippen LogP contribution is -2.28. The maximum absolute atomic E-state index is 11.8. The third-order valence-corrected chi connectivity index (χ3v) is 3.06. The summed E-state index contributed by atoms with van der Waals surface area (Å²) in [5.41, 5.74) is 1.92. The van der Waals surface area contributed by atoms with Crippen molar-refractivity contribution >= 4 is 11.8 Å². The van der Waals surface area contributed by atoms with E-state index in [1.807, 2.05) is 44.2 Å². The molecule has 0 radical (unpaired) electrons. The average Bonchev–Trinajstić information content (AvgIpc) is 3.42. The quantitative estimate of drug-likeness (QED) is 0.446. The molecule has 0 atom stereocenters. The van der Waals surface area contributed by atoms with E-state index in [9.17, 15) is 4.79 Å². The van der Waals surface area contributed by atoms with Gasteiger partial charge in [0, 0.05) is 0 Å². The van der Waals surface area contributed by atoms with Crippen LogP contribution in [0.5, 0.6) is 5.75 Å². The summed E-state index contributed by atoms with van der Waals surface area (Å²) in [7, 11) is 0. The summed E-state index contributed by atoms with van der Waals surface area (Å²) in [6.07, 6.45) is 3.75. The van der Waals surface area contributed by atoms with Crippen LogP contribution in [-0.4, -0.2) is 12.7 Å². The second-order valence-electron chi connectivity index (χ2n) is 5.35. The van der Waals surface area contributed by atoms with Gasteiger partial charge in [-0.05, 0) is 43.7 Å². The minimum Gasteiger partial charge on any atom is -0.393 e. The summed E-state index contributed by atoms with van der Waals surface area (Å²) in [5.74, 6) is 0.456. The Balaban J connectivity index is 0.000000572. The molecule has 4 nitrogen and oxygen atoms in total. The maximum atomic E-state index is 11.8. The number of carbonyl (C=O) groups is 1. The second kappa shape index (κ2) is 8.83. The molecule has 0 heterocycles. The van der Waals surface area contributed by atoms with E-state index in [0.717, 1.165) is 11.3 Å². The van der Waals surface area contributed by atoms with Gasteiger partial charge in [0.05, 0.1) is 12.2 Å². The lowest BCUT2D eigenvalue weighted by Gasteiger charge is -2.21. The molecule has 0 N–H and O–H groups in total. The van der Waals surface area contributed by atoms with Crippen LogP contribution in [0.3, 0.4) is 0 Å². The van der Waals surface area contributed by atoms with Crippen molar-refractivity contribution in [3.05, 3.63) is 60.2 Å². The second-order valence-corrected chi connectivity index (χ2v) is 5.35. The Morgan fingerprint density at radius 3 is 2.30 bits per heavy atom. The van der Waals surface area contributed by atoms with Crippen LogP contribution in [0.2, 0.25) is 0 Å². The molecular weight excluding hydrogens is 290 g/mol. The van der Waals surface area contributed by atoms with Crippen molar-refractivity contribution in [2.24, 2.45) is 0 Å².